The van der Waals surface area contributed by atoms with Crippen molar-refractivity contribution in [2.75, 3.05) is 25.0 Å². The number of amides is 1. The molecule has 5 N–H and O–H groups in total. The van der Waals surface area contributed by atoms with Crippen LogP contribution in [0.25, 0.3) is 0 Å². The number of hydrogen-bond acceptors (Lipinski definition) is 9. The second-order valence-electron chi connectivity index (χ2n) is 3.49. The van der Waals surface area contributed by atoms with Crippen molar-refractivity contribution < 1.29 is 24.2 Å². The van der Waals surface area contributed by atoms with Crippen molar-refractivity contribution in [3.8, 4) is 0 Å². The molecule has 1 rings (SSSR count). The Morgan fingerprint density at radius 3 is 2.90 bits per heavy atom. The van der Waals surface area contributed by atoms with Gasteiger partial charge < -0.3 is 26.3 Å². The molecule has 0 aliphatic rings. The largest absolute Gasteiger partial charge is 0.464 e. The summed E-state index contributed by atoms with van der Waals surface area (Å²) in [6.07, 6.45) is 0. The number of nitrogens with zero attached hydrogens (tertiary/aromatic N) is 3. The second-order valence-corrected chi connectivity index (χ2v) is 3.49. The first-order valence-corrected chi connectivity index (χ1v) is 5.49. The second kappa shape index (κ2) is 7.56. The van der Waals surface area contributed by atoms with Crippen molar-refractivity contribution in [2.45, 2.75) is 6.92 Å². The third kappa shape index (κ3) is 4.80. The lowest BCUT2D eigenvalue weighted by molar-refractivity contribution is -0.141. The van der Waals surface area contributed by atoms with Crippen molar-refractivity contribution in [1.82, 2.24) is 15.6 Å². The van der Waals surface area contributed by atoms with E-state index in [0.717, 1.165) is 0 Å². The van der Waals surface area contributed by atoms with E-state index in [1.165, 1.54) is 6.92 Å². The van der Waals surface area contributed by atoms with Crippen LogP contribution < -0.4 is 16.4 Å². The molecular formula is C9H14N6O5. The summed E-state index contributed by atoms with van der Waals surface area (Å²) < 4.78 is 9.04. The highest BCUT2D eigenvalue weighted by atomic mass is 16.6. The molecule has 0 aromatic carbocycles. The summed E-state index contributed by atoms with van der Waals surface area (Å²) in [6, 6.07) is 0. The van der Waals surface area contributed by atoms with Crippen LogP contribution in [0.15, 0.2) is 9.78 Å². The van der Waals surface area contributed by atoms with E-state index < -0.39 is 5.97 Å². The van der Waals surface area contributed by atoms with Gasteiger partial charge in [-0.1, -0.05) is 5.16 Å². The van der Waals surface area contributed by atoms with Gasteiger partial charge in [-0.05, 0) is 10.3 Å². The van der Waals surface area contributed by atoms with E-state index in [9.17, 15) is 9.59 Å². The fraction of sp³-hybridized carbons (Fsp3) is 0.444. The lowest BCUT2D eigenvalue weighted by Crippen LogP contribution is -2.33. The van der Waals surface area contributed by atoms with Crippen molar-refractivity contribution >= 4 is 23.5 Å². The lowest BCUT2D eigenvalue weighted by atomic mass is 10.4. The SMILES string of the molecule is CC(=O)OCCNC(=O)CNc1nonc1/C(N)=N/O. The van der Waals surface area contributed by atoms with Crippen LogP contribution in [0.4, 0.5) is 5.82 Å². The molecule has 0 saturated heterocycles. The number of aromatic nitrogens is 2. The highest BCUT2D eigenvalue weighted by molar-refractivity contribution is 5.99. The van der Waals surface area contributed by atoms with Crippen LogP contribution in [0.1, 0.15) is 12.6 Å². The van der Waals surface area contributed by atoms with Crippen molar-refractivity contribution in [1.29, 1.82) is 0 Å². The summed E-state index contributed by atoms with van der Waals surface area (Å²) in [5.74, 6) is -1.03. The van der Waals surface area contributed by atoms with E-state index in [4.69, 9.17) is 10.9 Å². The fourth-order valence-corrected chi connectivity index (χ4v) is 1.13. The maximum Gasteiger partial charge on any atom is 0.302 e. The first kappa shape index (κ1) is 15.2. The zero-order valence-corrected chi connectivity index (χ0v) is 10.6. The van der Waals surface area contributed by atoms with Gasteiger partial charge in [0.05, 0.1) is 13.1 Å². The summed E-state index contributed by atoms with van der Waals surface area (Å²) in [6.45, 7) is 1.40. The number of carbonyl (C=O) groups excluding carboxylic acids is 2. The minimum absolute atomic E-state index is 0.0137. The predicted octanol–water partition coefficient (Wildman–Crippen LogP) is -1.74. The molecule has 0 aliphatic heterocycles. The van der Waals surface area contributed by atoms with Gasteiger partial charge in [-0.2, -0.15) is 0 Å². The maximum atomic E-state index is 11.4. The van der Waals surface area contributed by atoms with E-state index in [-0.39, 0.29) is 43.0 Å². The van der Waals surface area contributed by atoms with Crippen LogP contribution in [-0.2, 0) is 14.3 Å². The van der Waals surface area contributed by atoms with Gasteiger partial charge in [0.25, 0.3) is 0 Å². The number of oxime groups is 1. The number of esters is 1. The lowest BCUT2D eigenvalue weighted by Gasteiger charge is -2.06. The molecule has 11 nitrogen and oxygen atoms in total. The Balaban J connectivity index is 2.34. The molecule has 0 aliphatic carbocycles. The van der Waals surface area contributed by atoms with E-state index in [1.807, 2.05) is 0 Å². The van der Waals surface area contributed by atoms with Gasteiger partial charge in [0.1, 0.15) is 6.61 Å². The van der Waals surface area contributed by atoms with Gasteiger partial charge in [0.15, 0.2) is 11.5 Å². The quantitative estimate of drug-likeness (QED) is 0.114. The molecule has 110 valence electrons. The molecule has 1 aromatic heterocycles. The first-order valence-electron chi connectivity index (χ1n) is 5.49. The molecule has 0 unspecified atom stereocenters. The van der Waals surface area contributed by atoms with Crippen molar-refractivity contribution in [2.24, 2.45) is 10.9 Å². The summed E-state index contributed by atoms with van der Waals surface area (Å²) in [4.78, 5) is 21.9. The van der Waals surface area contributed by atoms with Gasteiger partial charge in [0, 0.05) is 6.92 Å². The van der Waals surface area contributed by atoms with E-state index in [2.05, 4.69) is 35.5 Å². The highest BCUT2D eigenvalue weighted by Gasteiger charge is 2.15. The average Bonchev–Trinajstić information content (AvgIpc) is 2.88. The number of ether oxygens (including phenoxy) is 1. The maximum absolute atomic E-state index is 11.4. The number of nitrogens with two attached hydrogens (primary N) is 1. The Morgan fingerprint density at radius 1 is 1.50 bits per heavy atom. The minimum atomic E-state index is -0.422. The predicted molar refractivity (Wildman–Crippen MR) is 64.9 cm³/mol. The molecule has 1 amide bonds. The molecule has 11 heteroatoms. The van der Waals surface area contributed by atoms with Gasteiger partial charge in [-0.3, -0.25) is 9.59 Å². The Hall–Kier alpha value is -2.85. The van der Waals surface area contributed by atoms with Crippen LogP contribution in [0.5, 0.6) is 0 Å². The molecule has 20 heavy (non-hydrogen) atoms. The monoisotopic (exact) mass is 286 g/mol. The number of carbonyl (C=O) groups is 2. The van der Waals surface area contributed by atoms with Gasteiger partial charge in [0.2, 0.25) is 11.7 Å². The average molecular weight is 286 g/mol. The highest BCUT2D eigenvalue weighted by Crippen LogP contribution is 2.07. The van der Waals surface area contributed by atoms with Gasteiger partial charge in [-0.15, -0.1) is 0 Å². The Morgan fingerprint density at radius 2 is 2.25 bits per heavy atom. The smallest absolute Gasteiger partial charge is 0.302 e. The van der Waals surface area contributed by atoms with E-state index >= 15 is 0 Å². The van der Waals surface area contributed by atoms with Crippen molar-refractivity contribution in [3.05, 3.63) is 5.69 Å². The molecule has 1 heterocycles. The van der Waals surface area contributed by atoms with Crippen LogP contribution in [0.2, 0.25) is 0 Å². The van der Waals surface area contributed by atoms with Crippen molar-refractivity contribution in [3.63, 3.8) is 0 Å². The molecule has 0 atom stereocenters. The van der Waals surface area contributed by atoms with Crippen LogP contribution in [-0.4, -0.2) is 52.9 Å². The van der Waals surface area contributed by atoms with Gasteiger partial charge >= 0.3 is 5.97 Å². The number of nitrogens with one attached hydrogen (secondary N) is 2. The Labute approximate surface area is 113 Å². The number of anilines is 1. The summed E-state index contributed by atoms with van der Waals surface area (Å²) in [7, 11) is 0. The van der Waals surface area contributed by atoms with Gasteiger partial charge in [-0.25, -0.2) is 4.63 Å². The van der Waals surface area contributed by atoms with Crippen LogP contribution >= 0.6 is 0 Å². The molecule has 0 saturated carbocycles. The standard InChI is InChI=1S/C9H14N6O5/c1-5(16)19-3-2-11-6(17)4-12-9-7(8(10)13-18)14-20-15-9/h18H,2-4H2,1H3,(H2,10,13)(H,11,17)(H,12,15). The molecule has 0 radical (unpaired) electrons. The molecule has 1 aromatic rings. The minimum Gasteiger partial charge on any atom is -0.464 e. The Kier molecular flexibility index (Phi) is 5.75. The summed E-state index contributed by atoms with van der Waals surface area (Å²) in [5.41, 5.74) is 5.31. The topological polar surface area (TPSA) is 165 Å². The number of rotatable bonds is 7. The first-order chi connectivity index (χ1) is 9.54. The van der Waals surface area contributed by atoms with E-state index in [0.29, 0.717) is 0 Å². The molecular weight excluding hydrogens is 272 g/mol. The Bertz CT molecular complexity index is 499. The molecule has 0 bridgehead atoms. The molecule has 0 spiro atoms. The zero-order valence-electron chi connectivity index (χ0n) is 10.6. The zero-order chi connectivity index (χ0) is 15.0. The number of hydrogen-bond donors (Lipinski definition) is 4. The third-order valence-corrected chi connectivity index (χ3v) is 1.98. The molecule has 0 fully saturated rings. The van der Waals surface area contributed by atoms with E-state index in [1.54, 1.807) is 0 Å². The number of amidine groups is 1. The fourth-order valence-electron chi connectivity index (χ4n) is 1.13. The van der Waals surface area contributed by atoms with Crippen LogP contribution in [0.3, 0.4) is 0 Å². The summed E-state index contributed by atoms with van der Waals surface area (Å²) in [5, 5.41) is 23.2. The summed E-state index contributed by atoms with van der Waals surface area (Å²) >= 11 is 0. The van der Waals surface area contributed by atoms with Crippen LogP contribution in [0, 0.1) is 0 Å². The normalized spacial score (nSPS) is 10.9. The third-order valence-electron chi connectivity index (χ3n) is 1.98.